The molecule has 14 nitrogen and oxygen atoms in total. The monoisotopic (exact) mass is 794 g/mol. The van der Waals surface area contributed by atoms with Crippen LogP contribution in [0.3, 0.4) is 0 Å². The molecule has 2 aliphatic rings. The fourth-order valence-corrected chi connectivity index (χ4v) is 7.41. The summed E-state index contributed by atoms with van der Waals surface area (Å²) in [6, 6.07) is -0.816. The van der Waals surface area contributed by atoms with Crippen LogP contribution in [-0.4, -0.2) is 140 Å². The molecule has 12 atom stereocenters. The van der Waals surface area contributed by atoms with Crippen LogP contribution in [0.5, 0.6) is 0 Å². The maximum absolute atomic E-state index is 13.0. The van der Waals surface area contributed by atoms with Gasteiger partial charge < -0.3 is 65.1 Å². The Morgan fingerprint density at radius 2 is 1.04 bits per heavy atom. The maximum Gasteiger partial charge on any atom is 0.220 e. The third kappa shape index (κ3) is 19.1. The Bertz CT molecular complexity index is 946. The van der Waals surface area contributed by atoms with E-state index in [1.165, 1.54) is 77.0 Å². The number of rotatable bonds is 32. The minimum atomic E-state index is -1.78. The molecule has 0 aromatic carbocycles. The Balaban J connectivity index is 1.80. The molecular formula is C41H79NO13. The third-order valence-corrected chi connectivity index (χ3v) is 11.1. The maximum atomic E-state index is 13.0. The van der Waals surface area contributed by atoms with E-state index in [2.05, 4.69) is 19.2 Å². The molecule has 2 rings (SSSR count). The van der Waals surface area contributed by atoms with Crippen molar-refractivity contribution in [2.45, 2.75) is 235 Å². The Morgan fingerprint density at radius 3 is 1.55 bits per heavy atom. The van der Waals surface area contributed by atoms with Crippen molar-refractivity contribution in [1.82, 2.24) is 5.32 Å². The van der Waals surface area contributed by atoms with E-state index in [4.69, 9.17) is 18.9 Å². The molecule has 55 heavy (non-hydrogen) atoms. The smallest absolute Gasteiger partial charge is 0.220 e. The molecule has 2 aliphatic heterocycles. The predicted octanol–water partition coefficient (Wildman–Crippen LogP) is 3.48. The van der Waals surface area contributed by atoms with Crippen molar-refractivity contribution in [3.63, 3.8) is 0 Å². The number of aliphatic hydroxyl groups excluding tert-OH is 8. The number of carbonyl (C=O) groups is 1. The molecule has 0 saturated carbocycles. The zero-order chi connectivity index (χ0) is 40.4. The Labute approximate surface area is 330 Å². The second-order valence-corrected chi connectivity index (χ2v) is 15.8. The lowest BCUT2D eigenvalue weighted by molar-refractivity contribution is -0.359. The van der Waals surface area contributed by atoms with Crippen molar-refractivity contribution in [2.75, 3.05) is 19.8 Å². The standard InChI is InChI=1S/C41H79NO13/c1-3-5-7-9-10-11-12-13-14-15-16-17-18-19-21-23-25-33(46)42-29(30(45)24-22-20-8-6-4-2)28-52-40-38(51)36(49)39(32(27-44)54-40)55-41-37(50)35(48)34(47)31(26-43)53-41/h29-32,34-41,43-45,47-51H,3-28H2,1-2H3,(H,42,46). The Morgan fingerprint density at radius 1 is 0.582 bits per heavy atom. The molecule has 2 fully saturated rings. The number of aliphatic hydroxyl groups is 8. The van der Waals surface area contributed by atoms with Gasteiger partial charge in [0.25, 0.3) is 0 Å². The number of carbonyl (C=O) groups excluding carboxylic acids is 1. The van der Waals surface area contributed by atoms with Crippen LogP contribution in [-0.2, 0) is 23.7 Å². The second-order valence-electron chi connectivity index (χ2n) is 15.8. The molecule has 0 bridgehead atoms. The normalized spacial score (nSPS) is 29.6. The molecular weight excluding hydrogens is 714 g/mol. The topological polar surface area (TPSA) is 228 Å². The van der Waals surface area contributed by atoms with Gasteiger partial charge in [-0.1, -0.05) is 142 Å². The van der Waals surface area contributed by atoms with Crippen molar-refractivity contribution in [3.8, 4) is 0 Å². The zero-order valence-electron chi connectivity index (χ0n) is 33.9. The molecule has 2 heterocycles. The van der Waals surface area contributed by atoms with Gasteiger partial charge >= 0.3 is 0 Å². The average molecular weight is 794 g/mol. The summed E-state index contributed by atoms with van der Waals surface area (Å²) in [6.45, 7) is 2.74. The van der Waals surface area contributed by atoms with Crippen molar-refractivity contribution < 1.29 is 64.6 Å². The number of hydrogen-bond donors (Lipinski definition) is 9. The highest BCUT2D eigenvalue weighted by atomic mass is 16.7. The summed E-state index contributed by atoms with van der Waals surface area (Å²) in [5.74, 6) is -0.213. The summed E-state index contributed by atoms with van der Waals surface area (Å²) in [7, 11) is 0. The van der Waals surface area contributed by atoms with Gasteiger partial charge in [0.05, 0.1) is 32.0 Å². The number of nitrogens with one attached hydrogen (secondary N) is 1. The summed E-state index contributed by atoms with van der Waals surface area (Å²) in [6.07, 6.45) is 8.88. The van der Waals surface area contributed by atoms with E-state index in [0.29, 0.717) is 12.8 Å². The first-order valence-corrected chi connectivity index (χ1v) is 21.8. The van der Waals surface area contributed by atoms with Crippen molar-refractivity contribution >= 4 is 5.91 Å². The molecule has 0 radical (unpaired) electrons. The highest BCUT2D eigenvalue weighted by molar-refractivity contribution is 5.76. The van der Waals surface area contributed by atoms with E-state index in [1.54, 1.807) is 0 Å². The molecule has 0 spiro atoms. The highest BCUT2D eigenvalue weighted by Gasteiger charge is 2.51. The van der Waals surface area contributed by atoms with Crippen LogP contribution in [0.1, 0.15) is 162 Å². The van der Waals surface area contributed by atoms with E-state index in [9.17, 15) is 45.6 Å². The van der Waals surface area contributed by atoms with Crippen molar-refractivity contribution in [1.29, 1.82) is 0 Å². The van der Waals surface area contributed by atoms with Gasteiger partial charge in [-0.05, 0) is 12.8 Å². The third-order valence-electron chi connectivity index (χ3n) is 11.1. The van der Waals surface area contributed by atoms with Gasteiger partial charge in [-0.25, -0.2) is 0 Å². The number of hydrogen-bond acceptors (Lipinski definition) is 13. The van der Waals surface area contributed by atoms with Crippen molar-refractivity contribution in [3.05, 3.63) is 0 Å². The molecule has 12 unspecified atom stereocenters. The minimum absolute atomic E-state index is 0.213. The van der Waals surface area contributed by atoms with E-state index in [0.717, 1.165) is 57.8 Å². The van der Waals surface area contributed by atoms with E-state index in [-0.39, 0.29) is 12.5 Å². The lowest BCUT2D eigenvalue weighted by Crippen LogP contribution is -2.65. The molecule has 0 aromatic heterocycles. The SMILES string of the molecule is CCCCCCCCCCCCCCCCCCC(=O)NC(COC1OC(CO)C(OC2OC(CO)C(O)C(O)C2O)C(O)C1O)C(O)CCCCCCC. The Hall–Kier alpha value is -1.01. The van der Waals surface area contributed by atoms with Gasteiger partial charge in [-0.3, -0.25) is 4.79 Å². The first kappa shape index (κ1) is 50.1. The van der Waals surface area contributed by atoms with E-state index in [1.807, 2.05) is 0 Å². The van der Waals surface area contributed by atoms with Gasteiger partial charge in [0.15, 0.2) is 12.6 Å². The molecule has 0 aliphatic carbocycles. The molecule has 9 N–H and O–H groups in total. The summed E-state index contributed by atoms with van der Waals surface area (Å²) in [5, 5.41) is 86.0. The Kier molecular flexibility index (Phi) is 27.4. The lowest BCUT2D eigenvalue weighted by atomic mass is 9.97. The van der Waals surface area contributed by atoms with Gasteiger partial charge in [0.1, 0.15) is 48.8 Å². The van der Waals surface area contributed by atoms with Gasteiger partial charge in [-0.15, -0.1) is 0 Å². The second kappa shape index (κ2) is 30.1. The van der Waals surface area contributed by atoms with Gasteiger partial charge in [0, 0.05) is 6.42 Å². The summed E-state index contributed by atoms with van der Waals surface area (Å²) >= 11 is 0. The summed E-state index contributed by atoms with van der Waals surface area (Å²) in [5.41, 5.74) is 0. The summed E-state index contributed by atoms with van der Waals surface area (Å²) in [4.78, 5) is 13.0. The van der Waals surface area contributed by atoms with Crippen molar-refractivity contribution in [2.24, 2.45) is 0 Å². The molecule has 2 saturated heterocycles. The van der Waals surface area contributed by atoms with Crippen LogP contribution >= 0.6 is 0 Å². The zero-order valence-corrected chi connectivity index (χ0v) is 33.9. The predicted molar refractivity (Wildman–Crippen MR) is 208 cm³/mol. The lowest BCUT2D eigenvalue weighted by Gasteiger charge is -2.46. The van der Waals surface area contributed by atoms with Crippen LogP contribution in [0.15, 0.2) is 0 Å². The van der Waals surface area contributed by atoms with Crippen LogP contribution in [0.25, 0.3) is 0 Å². The van der Waals surface area contributed by atoms with Crippen LogP contribution < -0.4 is 5.32 Å². The molecule has 326 valence electrons. The number of unbranched alkanes of at least 4 members (excludes halogenated alkanes) is 19. The van der Waals surface area contributed by atoms with Gasteiger partial charge in [0.2, 0.25) is 5.91 Å². The first-order valence-electron chi connectivity index (χ1n) is 21.8. The quantitative estimate of drug-likeness (QED) is 0.0445. The van der Waals surface area contributed by atoms with Gasteiger partial charge in [-0.2, -0.15) is 0 Å². The molecule has 1 amide bonds. The minimum Gasteiger partial charge on any atom is -0.394 e. The fourth-order valence-electron chi connectivity index (χ4n) is 7.41. The number of ether oxygens (including phenoxy) is 4. The average Bonchev–Trinajstić information content (AvgIpc) is 3.18. The number of amides is 1. The largest absolute Gasteiger partial charge is 0.394 e. The fraction of sp³-hybridized carbons (Fsp3) is 0.976. The van der Waals surface area contributed by atoms with Crippen LogP contribution in [0, 0.1) is 0 Å². The highest BCUT2D eigenvalue weighted by Crippen LogP contribution is 2.30. The molecule has 14 heteroatoms. The first-order chi connectivity index (χ1) is 26.6. The molecule has 0 aromatic rings. The van der Waals surface area contributed by atoms with E-state index < -0.39 is 86.8 Å². The summed E-state index contributed by atoms with van der Waals surface area (Å²) < 4.78 is 22.5. The van der Waals surface area contributed by atoms with E-state index >= 15 is 0 Å². The van der Waals surface area contributed by atoms with Crippen LogP contribution in [0.2, 0.25) is 0 Å². The van der Waals surface area contributed by atoms with Crippen LogP contribution in [0.4, 0.5) is 0 Å².